The Bertz CT molecular complexity index is 756. The Morgan fingerprint density at radius 2 is 1.86 bits per heavy atom. The fraction of sp³-hybridized carbons (Fsp3) is 0.458. The van der Waals surface area contributed by atoms with E-state index in [1.54, 1.807) is 0 Å². The first-order valence-electron chi connectivity index (χ1n) is 10.6. The maximum absolute atomic E-state index is 13.0. The summed E-state index contributed by atoms with van der Waals surface area (Å²) in [5.74, 6) is 0.501. The summed E-state index contributed by atoms with van der Waals surface area (Å²) < 4.78 is 11.6. The molecule has 1 amide bonds. The van der Waals surface area contributed by atoms with Crippen molar-refractivity contribution in [2.45, 2.75) is 38.8 Å². The van der Waals surface area contributed by atoms with Gasteiger partial charge in [0.2, 0.25) is 0 Å². The van der Waals surface area contributed by atoms with Gasteiger partial charge in [-0.05, 0) is 43.6 Å². The number of hydrogen-bond acceptors (Lipinski definition) is 4. The Morgan fingerprint density at radius 1 is 1.14 bits per heavy atom. The molecule has 0 saturated carbocycles. The predicted molar refractivity (Wildman–Crippen MR) is 115 cm³/mol. The van der Waals surface area contributed by atoms with Crippen LogP contribution in [0.4, 0.5) is 0 Å². The van der Waals surface area contributed by atoms with Crippen LogP contribution in [0.3, 0.4) is 0 Å². The van der Waals surface area contributed by atoms with Crippen molar-refractivity contribution < 1.29 is 14.3 Å². The van der Waals surface area contributed by atoms with Crippen LogP contribution >= 0.6 is 0 Å². The first kappa shape index (κ1) is 21.3. The summed E-state index contributed by atoms with van der Waals surface area (Å²) in [5.41, 5.74) is 1.77. The molecular formula is C24H32N2O3. The molecule has 156 valence electrons. The van der Waals surface area contributed by atoms with Gasteiger partial charge in [-0.2, -0.15) is 0 Å². The van der Waals surface area contributed by atoms with Gasteiger partial charge in [0.15, 0.2) is 0 Å². The van der Waals surface area contributed by atoms with Crippen molar-refractivity contribution in [1.29, 1.82) is 0 Å². The summed E-state index contributed by atoms with van der Waals surface area (Å²) >= 11 is 0. The van der Waals surface area contributed by atoms with Crippen LogP contribution in [0.2, 0.25) is 0 Å². The molecule has 2 aromatic carbocycles. The molecule has 1 aliphatic rings. The fourth-order valence-corrected chi connectivity index (χ4v) is 3.82. The molecule has 0 bridgehead atoms. The number of ether oxygens (including phenoxy) is 2. The Morgan fingerprint density at radius 3 is 2.55 bits per heavy atom. The number of nitrogens with zero attached hydrogens (tertiary/aromatic N) is 1. The summed E-state index contributed by atoms with van der Waals surface area (Å²) in [6.45, 7) is 7.97. The van der Waals surface area contributed by atoms with Gasteiger partial charge in [-0.25, -0.2) is 0 Å². The molecule has 0 radical (unpaired) electrons. The van der Waals surface area contributed by atoms with E-state index in [0.717, 1.165) is 32.5 Å². The van der Waals surface area contributed by atoms with Gasteiger partial charge >= 0.3 is 0 Å². The van der Waals surface area contributed by atoms with E-state index in [-0.39, 0.29) is 18.1 Å². The van der Waals surface area contributed by atoms with Crippen LogP contribution in [0.5, 0.6) is 5.75 Å². The minimum Gasteiger partial charge on any atom is -0.490 e. The van der Waals surface area contributed by atoms with Gasteiger partial charge in [-0.15, -0.1) is 0 Å². The average Bonchev–Trinajstić information content (AvgIpc) is 3.29. The largest absolute Gasteiger partial charge is 0.490 e. The van der Waals surface area contributed by atoms with Crippen LogP contribution in [0, 0.1) is 0 Å². The third-order valence-corrected chi connectivity index (χ3v) is 5.47. The lowest BCUT2D eigenvalue weighted by Crippen LogP contribution is -2.38. The van der Waals surface area contributed by atoms with Crippen LogP contribution in [-0.2, 0) is 4.74 Å². The normalized spacial score (nSPS) is 17.3. The smallest absolute Gasteiger partial charge is 0.255 e. The molecule has 1 N–H and O–H groups in total. The molecule has 1 heterocycles. The highest BCUT2D eigenvalue weighted by Gasteiger charge is 2.21. The summed E-state index contributed by atoms with van der Waals surface area (Å²) in [6.07, 6.45) is 2.20. The van der Waals surface area contributed by atoms with Gasteiger partial charge in [0.25, 0.3) is 5.91 Å². The number of rotatable bonds is 10. The van der Waals surface area contributed by atoms with Crippen molar-refractivity contribution in [3.05, 3.63) is 65.7 Å². The van der Waals surface area contributed by atoms with Crippen LogP contribution < -0.4 is 10.1 Å². The summed E-state index contributed by atoms with van der Waals surface area (Å²) in [7, 11) is 0. The fourth-order valence-electron chi connectivity index (χ4n) is 3.82. The molecule has 0 spiro atoms. The highest BCUT2D eigenvalue weighted by atomic mass is 16.5. The molecule has 0 aromatic heterocycles. The number of carbonyl (C=O) groups is 1. The number of carbonyl (C=O) groups excluding carboxylic acids is 1. The number of para-hydroxylation sites is 1. The van der Waals surface area contributed by atoms with Gasteiger partial charge in [-0.1, -0.05) is 56.3 Å². The molecule has 2 atom stereocenters. The SMILES string of the molecule is CCN(CC)C(CNC(=O)c1ccccc1OCC1CCCO1)c1ccccc1. The molecule has 2 unspecified atom stereocenters. The Hall–Kier alpha value is -2.37. The molecule has 5 nitrogen and oxygen atoms in total. The molecular weight excluding hydrogens is 364 g/mol. The lowest BCUT2D eigenvalue weighted by molar-refractivity contribution is 0.0670. The van der Waals surface area contributed by atoms with E-state index in [9.17, 15) is 4.79 Å². The van der Waals surface area contributed by atoms with Crippen LogP contribution in [-0.4, -0.2) is 49.8 Å². The van der Waals surface area contributed by atoms with Crippen molar-refractivity contribution >= 4 is 5.91 Å². The van der Waals surface area contributed by atoms with E-state index in [1.165, 1.54) is 5.56 Å². The zero-order valence-corrected chi connectivity index (χ0v) is 17.5. The van der Waals surface area contributed by atoms with E-state index in [1.807, 2.05) is 42.5 Å². The third-order valence-electron chi connectivity index (χ3n) is 5.47. The molecule has 29 heavy (non-hydrogen) atoms. The Labute approximate surface area is 174 Å². The molecule has 0 aliphatic carbocycles. The maximum Gasteiger partial charge on any atom is 0.255 e. The zero-order chi connectivity index (χ0) is 20.5. The van der Waals surface area contributed by atoms with Crippen LogP contribution in [0.1, 0.15) is 48.7 Å². The summed E-state index contributed by atoms with van der Waals surface area (Å²) in [6, 6.07) is 17.9. The van der Waals surface area contributed by atoms with E-state index in [2.05, 4.69) is 36.2 Å². The molecule has 1 fully saturated rings. The minimum absolute atomic E-state index is 0.110. The molecule has 5 heteroatoms. The Kier molecular flexibility index (Phi) is 8.08. The third kappa shape index (κ3) is 5.81. The van der Waals surface area contributed by atoms with Gasteiger partial charge < -0.3 is 14.8 Å². The number of benzene rings is 2. The van der Waals surface area contributed by atoms with Gasteiger partial charge in [0.1, 0.15) is 12.4 Å². The number of likely N-dealkylation sites (N-methyl/N-ethyl adjacent to an activating group) is 1. The second kappa shape index (κ2) is 11.0. The lowest BCUT2D eigenvalue weighted by atomic mass is 10.0. The van der Waals surface area contributed by atoms with Gasteiger partial charge in [-0.3, -0.25) is 9.69 Å². The molecule has 3 rings (SSSR count). The first-order valence-corrected chi connectivity index (χ1v) is 10.6. The second-order valence-electron chi connectivity index (χ2n) is 7.30. The molecule has 2 aromatic rings. The van der Waals surface area contributed by atoms with E-state index in [0.29, 0.717) is 24.5 Å². The van der Waals surface area contributed by atoms with Crippen molar-refractivity contribution in [3.63, 3.8) is 0 Å². The zero-order valence-electron chi connectivity index (χ0n) is 17.5. The van der Waals surface area contributed by atoms with E-state index >= 15 is 0 Å². The summed E-state index contributed by atoms with van der Waals surface area (Å²) in [5, 5.41) is 3.12. The summed E-state index contributed by atoms with van der Waals surface area (Å²) in [4.78, 5) is 15.3. The van der Waals surface area contributed by atoms with Crippen molar-refractivity contribution in [2.75, 3.05) is 32.8 Å². The monoisotopic (exact) mass is 396 g/mol. The Balaban J connectivity index is 1.66. The van der Waals surface area contributed by atoms with Crippen molar-refractivity contribution in [3.8, 4) is 5.75 Å². The predicted octanol–water partition coefficient (Wildman–Crippen LogP) is 4.06. The van der Waals surface area contributed by atoms with Crippen LogP contribution in [0.15, 0.2) is 54.6 Å². The number of nitrogens with one attached hydrogen (secondary N) is 1. The topological polar surface area (TPSA) is 50.8 Å². The minimum atomic E-state index is -0.110. The average molecular weight is 397 g/mol. The van der Waals surface area contributed by atoms with Crippen molar-refractivity contribution in [2.24, 2.45) is 0 Å². The van der Waals surface area contributed by atoms with E-state index in [4.69, 9.17) is 9.47 Å². The highest BCUT2D eigenvalue weighted by molar-refractivity contribution is 5.96. The number of hydrogen-bond donors (Lipinski definition) is 1. The number of amides is 1. The lowest BCUT2D eigenvalue weighted by Gasteiger charge is -2.30. The van der Waals surface area contributed by atoms with Crippen molar-refractivity contribution in [1.82, 2.24) is 10.2 Å². The standard InChI is InChI=1S/C24H32N2O3/c1-3-26(4-2)22(19-11-6-5-7-12-19)17-25-24(27)21-14-8-9-15-23(21)29-18-20-13-10-16-28-20/h5-9,11-12,14-15,20,22H,3-4,10,13,16-18H2,1-2H3,(H,25,27). The van der Waals surface area contributed by atoms with Gasteiger partial charge in [0, 0.05) is 13.2 Å². The first-order chi connectivity index (χ1) is 14.2. The quantitative estimate of drug-likeness (QED) is 0.658. The van der Waals surface area contributed by atoms with Gasteiger partial charge in [0.05, 0.1) is 17.7 Å². The van der Waals surface area contributed by atoms with Crippen LogP contribution in [0.25, 0.3) is 0 Å². The van der Waals surface area contributed by atoms with E-state index < -0.39 is 0 Å². The maximum atomic E-state index is 13.0. The second-order valence-corrected chi connectivity index (χ2v) is 7.30. The molecule has 1 saturated heterocycles. The molecule has 1 aliphatic heterocycles. The highest BCUT2D eigenvalue weighted by Crippen LogP contribution is 2.22.